The molecule has 48 heavy (non-hydrogen) atoms. The van der Waals surface area contributed by atoms with Crippen molar-refractivity contribution >= 4 is 46.7 Å². The first-order chi connectivity index (χ1) is 22.6. The molecular formula is C35H36F2N3O6PS. The van der Waals surface area contributed by atoms with Gasteiger partial charge in [-0.25, -0.2) is 0 Å². The van der Waals surface area contributed by atoms with Gasteiger partial charge in [-0.1, -0.05) is 81.4 Å². The summed E-state index contributed by atoms with van der Waals surface area (Å²) in [5.41, 5.74) is -3.27. The smallest absolute Gasteiger partial charge is 0.340 e. The van der Waals surface area contributed by atoms with E-state index in [-0.39, 0.29) is 28.6 Å². The number of fused-ring (bicyclic) bond motifs is 2. The number of likely N-dealkylation sites (tertiary alicyclic amines) is 1. The van der Waals surface area contributed by atoms with Gasteiger partial charge in [-0.15, -0.1) is 11.3 Å². The Morgan fingerprint density at radius 3 is 2.35 bits per heavy atom. The molecule has 0 aliphatic carbocycles. The number of alkyl halides is 2. The Hall–Kier alpha value is -3.96. The molecule has 3 atom stereocenters. The van der Waals surface area contributed by atoms with E-state index in [1.165, 1.54) is 12.1 Å². The zero-order valence-corrected chi connectivity index (χ0v) is 28.3. The van der Waals surface area contributed by atoms with Gasteiger partial charge < -0.3 is 24.9 Å². The largest absolute Gasteiger partial charge is 0.399 e. The zero-order chi connectivity index (χ0) is 34.6. The molecular weight excluding hydrogens is 659 g/mol. The van der Waals surface area contributed by atoms with Crippen molar-refractivity contribution in [3.8, 4) is 0 Å². The first-order valence-corrected chi connectivity index (χ1v) is 18.0. The van der Waals surface area contributed by atoms with Crippen LogP contribution in [0.5, 0.6) is 0 Å². The molecule has 1 aromatic heterocycles. The van der Waals surface area contributed by atoms with Gasteiger partial charge in [0.1, 0.15) is 12.1 Å². The Kier molecular flexibility index (Phi) is 8.83. The number of halogens is 2. The van der Waals surface area contributed by atoms with Gasteiger partial charge in [-0.05, 0) is 52.1 Å². The van der Waals surface area contributed by atoms with Crippen LogP contribution in [0.3, 0.4) is 0 Å². The molecule has 2 aliphatic rings. The molecule has 2 aliphatic heterocycles. The summed E-state index contributed by atoms with van der Waals surface area (Å²) in [5, 5.41) is 3.05. The van der Waals surface area contributed by atoms with Gasteiger partial charge in [0.05, 0.1) is 4.88 Å². The van der Waals surface area contributed by atoms with Gasteiger partial charge in [0, 0.05) is 35.8 Å². The SMILES string of the molecule is CC(C)(C)[C@H](NC(=O)c1cc2cc(C(F)(F)P(=O)(O)O)ccc2s1)C(=O)N1Cc2ccccc2[C@H]1C(=O)N1CC[C@@H](c2ccccc2)C1. The van der Waals surface area contributed by atoms with E-state index in [9.17, 15) is 27.7 Å². The molecule has 4 aromatic rings. The van der Waals surface area contributed by atoms with Crippen LogP contribution in [-0.2, 0) is 26.4 Å². The molecule has 9 nitrogen and oxygen atoms in total. The summed E-state index contributed by atoms with van der Waals surface area (Å²) in [6.07, 6.45) is 0.812. The van der Waals surface area contributed by atoms with Crippen molar-refractivity contribution < 1.29 is 37.5 Å². The monoisotopic (exact) mass is 695 g/mol. The fourth-order valence-corrected chi connectivity index (χ4v) is 7.94. The van der Waals surface area contributed by atoms with Gasteiger partial charge in [0.25, 0.3) is 5.91 Å². The second-order valence-corrected chi connectivity index (χ2v) is 16.2. The second kappa shape index (κ2) is 12.5. The molecule has 0 radical (unpaired) electrons. The molecule has 3 heterocycles. The molecule has 3 N–H and O–H groups in total. The second-order valence-electron chi connectivity index (χ2n) is 13.5. The fraction of sp³-hybridized carbons (Fsp3) is 0.343. The normalized spacial score (nSPS) is 19.0. The Labute approximate surface area is 280 Å². The van der Waals surface area contributed by atoms with Crippen LogP contribution in [-0.4, -0.2) is 56.4 Å². The van der Waals surface area contributed by atoms with E-state index >= 15 is 0 Å². The highest BCUT2D eigenvalue weighted by atomic mass is 32.1. The molecule has 3 aromatic carbocycles. The molecule has 1 saturated heterocycles. The van der Waals surface area contributed by atoms with Gasteiger partial charge in [-0.3, -0.25) is 18.9 Å². The lowest BCUT2D eigenvalue weighted by Gasteiger charge is -2.36. The van der Waals surface area contributed by atoms with Gasteiger partial charge in [0.15, 0.2) is 0 Å². The van der Waals surface area contributed by atoms with E-state index in [2.05, 4.69) is 17.4 Å². The summed E-state index contributed by atoms with van der Waals surface area (Å²) in [4.78, 5) is 64.1. The third kappa shape index (κ3) is 6.30. The molecule has 0 saturated carbocycles. The summed E-state index contributed by atoms with van der Waals surface area (Å²) >= 11 is 1.00. The van der Waals surface area contributed by atoms with Crippen LogP contribution in [0.25, 0.3) is 10.1 Å². The van der Waals surface area contributed by atoms with Gasteiger partial charge in [-0.2, -0.15) is 8.78 Å². The van der Waals surface area contributed by atoms with E-state index in [0.717, 1.165) is 46.6 Å². The summed E-state index contributed by atoms with van der Waals surface area (Å²) in [6.45, 7) is 6.72. The van der Waals surface area contributed by atoms with Crippen molar-refractivity contribution in [1.29, 1.82) is 0 Å². The molecule has 0 bridgehead atoms. The molecule has 252 valence electrons. The molecule has 0 spiro atoms. The van der Waals surface area contributed by atoms with Gasteiger partial charge >= 0.3 is 13.3 Å². The predicted octanol–water partition coefficient (Wildman–Crippen LogP) is 6.37. The molecule has 6 rings (SSSR count). The highest BCUT2D eigenvalue weighted by Gasteiger charge is 2.50. The number of amides is 3. The number of nitrogens with zero attached hydrogens (tertiary/aromatic N) is 2. The highest BCUT2D eigenvalue weighted by molar-refractivity contribution is 7.52. The third-order valence-electron chi connectivity index (χ3n) is 9.13. The topological polar surface area (TPSA) is 127 Å². The summed E-state index contributed by atoms with van der Waals surface area (Å²) in [5.74, 6) is -1.01. The minimum Gasteiger partial charge on any atom is -0.340 e. The minimum absolute atomic E-state index is 0.130. The van der Waals surface area contributed by atoms with Crippen LogP contribution in [0.1, 0.15) is 71.1 Å². The molecule has 0 unspecified atom stereocenters. The highest BCUT2D eigenvalue weighted by Crippen LogP contribution is 2.59. The number of carbonyl (C=O) groups excluding carboxylic acids is 3. The number of rotatable bonds is 7. The maximum atomic E-state index is 14.5. The van der Waals surface area contributed by atoms with Crippen molar-refractivity contribution in [2.45, 2.75) is 57.4 Å². The van der Waals surface area contributed by atoms with Crippen LogP contribution in [0, 0.1) is 5.41 Å². The van der Waals surface area contributed by atoms with Crippen LogP contribution in [0.2, 0.25) is 0 Å². The van der Waals surface area contributed by atoms with Crippen molar-refractivity contribution in [2.75, 3.05) is 13.1 Å². The number of hydrogen-bond acceptors (Lipinski definition) is 5. The summed E-state index contributed by atoms with van der Waals surface area (Å²) in [6, 6.07) is 20.1. The zero-order valence-electron chi connectivity index (χ0n) is 26.6. The standard InChI is InChI=1S/C35H36F2N3O6PS/c1-34(2,3)30(38-31(41)28-18-24-17-25(13-14-27(24)48-28)35(36,37)47(44,45)46)33(43)40-20-23-11-7-8-12-26(23)29(40)32(42)39-16-15-22(19-39)21-9-5-4-6-10-21/h4-14,17-18,22,29-30H,15-16,19-20H2,1-3H3,(H,38,41)(H2,44,45,46)/t22-,29+,30-/m1/s1. The van der Waals surface area contributed by atoms with Crippen LogP contribution < -0.4 is 5.32 Å². The molecule has 13 heteroatoms. The average molecular weight is 696 g/mol. The van der Waals surface area contributed by atoms with Crippen LogP contribution in [0.15, 0.2) is 78.9 Å². The Morgan fingerprint density at radius 1 is 0.979 bits per heavy atom. The maximum Gasteiger partial charge on any atom is 0.399 e. The van der Waals surface area contributed by atoms with Crippen molar-refractivity contribution in [2.24, 2.45) is 5.41 Å². The van der Waals surface area contributed by atoms with E-state index in [0.29, 0.717) is 17.8 Å². The first-order valence-electron chi connectivity index (χ1n) is 15.6. The van der Waals surface area contributed by atoms with E-state index < -0.39 is 48.1 Å². The minimum atomic E-state index is -5.78. The van der Waals surface area contributed by atoms with Crippen LogP contribution in [0.4, 0.5) is 8.78 Å². The number of hydrogen-bond donors (Lipinski definition) is 3. The van der Waals surface area contributed by atoms with Crippen molar-refractivity contribution in [1.82, 2.24) is 15.1 Å². The average Bonchev–Trinajstić information content (AvgIpc) is 3.79. The van der Waals surface area contributed by atoms with E-state index in [1.807, 2.05) is 68.1 Å². The third-order valence-corrected chi connectivity index (χ3v) is 11.2. The quantitative estimate of drug-likeness (QED) is 0.193. The van der Waals surface area contributed by atoms with E-state index in [1.54, 1.807) is 4.90 Å². The fourth-order valence-electron chi connectivity index (χ4n) is 6.52. The van der Waals surface area contributed by atoms with Crippen LogP contribution >= 0.6 is 18.9 Å². The van der Waals surface area contributed by atoms with Gasteiger partial charge in [0.2, 0.25) is 11.8 Å². The predicted molar refractivity (Wildman–Crippen MR) is 179 cm³/mol. The summed E-state index contributed by atoms with van der Waals surface area (Å²) < 4.78 is 40.6. The number of benzene rings is 3. The first kappa shape index (κ1) is 33.9. The maximum absolute atomic E-state index is 14.5. The van der Waals surface area contributed by atoms with E-state index in [4.69, 9.17) is 9.79 Å². The Morgan fingerprint density at radius 2 is 1.67 bits per heavy atom. The van der Waals surface area contributed by atoms with Crippen molar-refractivity contribution in [3.05, 3.63) is 106 Å². The lowest BCUT2D eigenvalue weighted by atomic mass is 9.85. The number of carbonyl (C=O) groups is 3. The Balaban J connectivity index is 1.26. The van der Waals surface area contributed by atoms with Crippen molar-refractivity contribution in [3.63, 3.8) is 0 Å². The lowest BCUT2D eigenvalue weighted by molar-refractivity contribution is -0.147. The lowest BCUT2D eigenvalue weighted by Crippen LogP contribution is -2.55. The number of thiophene rings is 1. The summed E-state index contributed by atoms with van der Waals surface area (Å²) in [7, 11) is -5.78. The molecule has 3 amide bonds. The molecule has 1 fully saturated rings. The Bertz CT molecular complexity index is 1940. The number of nitrogens with one attached hydrogen (secondary N) is 1.